The minimum Gasteiger partial charge on any atom is -0.451 e. The topological polar surface area (TPSA) is 55.4 Å². The first kappa shape index (κ1) is 18.0. The van der Waals surface area contributed by atoms with Crippen LogP contribution in [0.4, 0.5) is 0 Å². The normalized spacial score (nSPS) is 21.0. The van der Waals surface area contributed by atoms with Gasteiger partial charge in [-0.1, -0.05) is 33.1 Å². The minimum atomic E-state index is -0.396. The van der Waals surface area contributed by atoms with Crippen LogP contribution in [0.1, 0.15) is 66.1 Å². The molecule has 1 aromatic rings. The van der Waals surface area contributed by atoms with Gasteiger partial charge in [0.2, 0.25) is 0 Å². The number of hydrogen-bond acceptors (Lipinski definition) is 4. The zero-order valence-electron chi connectivity index (χ0n) is 14.3. The first-order valence-electron chi connectivity index (χ1n) is 8.57. The Labute approximate surface area is 142 Å². The Morgan fingerprint density at radius 2 is 2.09 bits per heavy atom. The van der Waals surface area contributed by atoms with Gasteiger partial charge in [0.1, 0.15) is 4.88 Å². The molecular weight excluding hydrogens is 310 g/mol. The van der Waals surface area contributed by atoms with Crippen LogP contribution >= 0.6 is 11.3 Å². The molecule has 2 rings (SSSR count). The van der Waals surface area contributed by atoms with E-state index in [1.807, 2.05) is 13.0 Å². The van der Waals surface area contributed by atoms with Crippen LogP contribution in [-0.4, -0.2) is 24.5 Å². The SMILES string of the molecule is CCCc1cc(C(=O)OCC(=O)N[C@H]2CCCC[C@@H]2C)sc1C. The number of carbonyl (C=O) groups excluding carboxylic acids is 2. The zero-order valence-corrected chi connectivity index (χ0v) is 15.1. The number of nitrogens with one attached hydrogen (secondary N) is 1. The summed E-state index contributed by atoms with van der Waals surface area (Å²) in [5, 5.41) is 3.00. The van der Waals surface area contributed by atoms with Crippen molar-refractivity contribution in [1.29, 1.82) is 0 Å². The molecule has 1 fully saturated rings. The van der Waals surface area contributed by atoms with E-state index in [0.29, 0.717) is 10.8 Å². The summed E-state index contributed by atoms with van der Waals surface area (Å²) in [6.07, 6.45) is 6.58. The molecule has 5 heteroatoms. The van der Waals surface area contributed by atoms with Crippen molar-refractivity contribution in [3.8, 4) is 0 Å². The number of aryl methyl sites for hydroxylation is 2. The molecular formula is C18H27NO3S. The molecule has 1 N–H and O–H groups in total. The molecule has 23 heavy (non-hydrogen) atoms. The summed E-state index contributed by atoms with van der Waals surface area (Å²) in [7, 11) is 0. The van der Waals surface area contributed by atoms with Crippen molar-refractivity contribution in [2.75, 3.05) is 6.61 Å². The third-order valence-electron chi connectivity index (χ3n) is 4.53. The highest BCUT2D eigenvalue weighted by Crippen LogP contribution is 2.24. The van der Waals surface area contributed by atoms with Crippen molar-refractivity contribution in [3.05, 3.63) is 21.4 Å². The summed E-state index contributed by atoms with van der Waals surface area (Å²) in [5.74, 6) is -0.0913. The van der Waals surface area contributed by atoms with E-state index in [2.05, 4.69) is 19.2 Å². The standard InChI is InChI=1S/C18H27NO3S/c1-4-7-14-10-16(23-13(14)3)18(21)22-11-17(20)19-15-9-6-5-8-12(15)2/h10,12,15H,4-9,11H2,1-3H3,(H,19,20)/t12-,15-/m0/s1. The average Bonchev–Trinajstić information content (AvgIpc) is 2.89. The maximum Gasteiger partial charge on any atom is 0.348 e. The molecule has 0 saturated heterocycles. The molecule has 0 aliphatic heterocycles. The average molecular weight is 337 g/mol. The Morgan fingerprint density at radius 1 is 1.35 bits per heavy atom. The van der Waals surface area contributed by atoms with Crippen molar-refractivity contribution < 1.29 is 14.3 Å². The van der Waals surface area contributed by atoms with Gasteiger partial charge in [-0.2, -0.15) is 0 Å². The fraction of sp³-hybridized carbons (Fsp3) is 0.667. The van der Waals surface area contributed by atoms with Crippen LogP contribution in [0, 0.1) is 12.8 Å². The van der Waals surface area contributed by atoms with Gasteiger partial charge in [0.25, 0.3) is 5.91 Å². The molecule has 0 unspecified atom stereocenters. The number of carbonyl (C=O) groups is 2. The smallest absolute Gasteiger partial charge is 0.348 e. The second-order valence-electron chi connectivity index (χ2n) is 6.45. The zero-order chi connectivity index (χ0) is 16.8. The quantitative estimate of drug-likeness (QED) is 0.802. The summed E-state index contributed by atoms with van der Waals surface area (Å²) in [4.78, 5) is 25.8. The van der Waals surface area contributed by atoms with E-state index in [1.54, 1.807) is 0 Å². The Bertz CT molecular complexity index is 552. The second-order valence-corrected chi connectivity index (χ2v) is 7.71. The van der Waals surface area contributed by atoms with Crippen LogP contribution in [0.3, 0.4) is 0 Å². The molecule has 4 nitrogen and oxygen atoms in total. The first-order valence-corrected chi connectivity index (χ1v) is 9.38. The van der Waals surface area contributed by atoms with Crippen LogP contribution in [0.2, 0.25) is 0 Å². The van der Waals surface area contributed by atoms with E-state index in [1.165, 1.54) is 23.3 Å². The monoisotopic (exact) mass is 337 g/mol. The van der Waals surface area contributed by atoms with Crippen molar-refractivity contribution >= 4 is 23.2 Å². The molecule has 0 aromatic carbocycles. The van der Waals surface area contributed by atoms with Crippen LogP contribution in [0.5, 0.6) is 0 Å². The lowest BCUT2D eigenvalue weighted by molar-refractivity contribution is -0.125. The Morgan fingerprint density at radius 3 is 2.78 bits per heavy atom. The number of amides is 1. The number of ether oxygens (including phenoxy) is 1. The molecule has 1 amide bonds. The lowest BCUT2D eigenvalue weighted by atomic mass is 9.86. The first-order chi connectivity index (χ1) is 11.0. The summed E-state index contributed by atoms with van der Waals surface area (Å²) in [6.45, 7) is 6.11. The van der Waals surface area contributed by atoms with Gasteiger partial charge in [-0.25, -0.2) is 4.79 Å². The predicted molar refractivity (Wildman–Crippen MR) is 92.9 cm³/mol. The van der Waals surface area contributed by atoms with Crippen molar-refractivity contribution in [3.63, 3.8) is 0 Å². The summed E-state index contributed by atoms with van der Waals surface area (Å²) >= 11 is 1.44. The van der Waals surface area contributed by atoms with Crippen LogP contribution in [0.15, 0.2) is 6.07 Å². The maximum atomic E-state index is 12.1. The van der Waals surface area contributed by atoms with Crippen molar-refractivity contribution in [2.45, 2.75) is 65.3 Å². The summed E-state index contributed by atoms with van der Waals surface area (Å²) in [5.41, 5.74) is 1.20. The Kier molecular flexibility index (Phi) is 6.63. The van der Waals surface area contributed by atoms with E-state index in [-0.39, 0.29) is 18.6 Å². The third-order valence-corrected chi connectivity index (χ3v) is 5.61. The molecule has 1 aromatic heterocycles. The lowest BCUT2D eigenvalue weighted by Gasteiger charge is -2.29. The molecule has 1 aliphatic carbocycles. The van der Waals surface area contributed by atoms with Gasteiger partial charge in [-0.15, -0.1) is 11.3 Å². The van der Waals surface area contributed by atoms with Gasteiger partial charge in [-0.05, 0) is 43.7 Å². The second kappa shape index (κ2) is 8.48. The van der Waals surface area contributed by atoms with Gasteiger partial charge in [0, 0.05) is 10.9 Å². The fourth-order valence-corrected chi connectivity index (χ4v) is 4.08. The molecule has 0 spiro atoms. The van der Waals surface area contributed by atoms with Crippen molar-refractivity contribution in [2.24, 2.45) is 5.92 Å². The minimum absolute atomic E-state index is 0.192. The number of thiophene rings is 1. The summed E-state index contributed by atoms with van der Waals surface area (Å²) < 4.78 is 5.17. The van der Waals surface area contributed by atoms with Gasteiger partial charge in [0.05, 0.1) is 0 Å². The number of rotatable bonds is 6. The van der Waals surface area contributed by atoms with Gasteiger partial charge in [-0.3, -0.25) is 4.79 Å². The molecule has 1 heterocycles. The highest BCUT2D eigenvalue weighted by molar-refractivity contribution is 7.14. The molecule has 1 aliphatic rings. The van der Waals surface area contributed by atoms with E-state index in [9.17, 15) is 9.59 Å². The predicted octanol–water partition coefficient (Wildman–Crippen LogP) is 3.86. The third kappa shape index (κ3) is 5.06. The van der Waals surface area contributed by atoms with E-state index < -0.39 is 5.97 Å². The van der Waals surface area contributed by atoms with Crippen molar-refractivity contribution in [1.82, 2.24) is 5.32 Å². The van der Waals surface area contributed by atoms with Gasteiger partial charge >= 0.3 is 5.97 Å². The Balaban J connectivity index is 1.81. The highest BCUT2D eigenvalue weighted by atomic mass is 32.1. The van der Waals surface area contributed by atoms with Crippen LogP contribution < -0.4 is 5.32 Å². The molecule has 0 radical (unpaired) electrons. The van der Waals surface area contributed by atoms with Gasteiger partial charge < -0.3 is 10.1 Å². The lowest BCUT2D eigenvalue weighted by Crippen LogP contribution is -2.42. The molecule has 1 saturated carbocycles. The molecule has 0 bridgehead atoms. The highest BCUT2D eigenvalue weighted by Gasteiger charge is 2.23. The fourth-order valence-electron chi connectivity index (χ4n) is 3.12. The number of esters is 1. The Hall–Kier alpha value is -1.36. The van der Waals surface area contributed by atoms with Crippen LogP contribution in [0.25, 0.3) is 0 Å². The number of hydrogen-bond donors (Lipinski definition) is 1. The maximum absolute atomic E-state index is 12.1. The van der Waals surface area contributed by atoms with Crippen LogP contribution in [-0.2, 0) is 16.0 Å². The van der Waals surface area contributed by atoms with E-state index in [4.69, 9.17) is 4.74 Å². The van der Waals surface area contributed by atoms with Gasteiger partial charge in [0.15, 0.2) is 6.61 Å². The van der Waals surface area contributed by atoms with E-state index in [0.717, 1.165) is 37.0 Å². The molecule has 128 valence electrons. The largest absolute Gasteiger partial charge is 0.451 e. The van der Waals surface area contributed by atoms with E-state index >= 15 is 0 Å². The molecule has 2 atom stereocenters. The summed E-state index contributed by atoms with van der Waals surface area (Å²) in [6, 6.07) is 2.11.